The number of phenols is 1. The third-order valence-electron chi connectivity index (χ3n) is 3.16. The number of hydrogen-bond donors (Lipinski definition) is 1. The van der Waals surface area contributed by atoms with Crippen LogP contribution in [0.2, 0.25) is 0 Å². The molecule has 2 aromatic carbocycles. The van der Waals surface area contributed by atoms with Crippen LogP contribution in [0.25, 0.3) is 22.1 Å². The van der Waals surface area contributed by atoms with Gasteiger partial charge in [-0.1, -0.05) is 38.1 Å². The van der Waals surface area contributed by atoms with Crippen LogP contribution in [0.3, 0.4) is 0 Å². The molecule has 0 saturated carbocycles. The first-order valence-corrected chi connectivity index (χ1v) is 6.98. The van der Waals surface area contributed by atoms with Gasteiger partial charge in [-0.25, -0.2) is 4.79 Å². The van der Waals surface area contributed by atoms with E-state index in [1.807, 2.05) is 45.0 Å². The average molecular weight is 282 g/mol. The fourth-order valence-electron chi connectivity index (χ4n) is 2.25. The predicted octanol–water partition coefficient (Wildman–Crippen LogP) is 4.50. The summed E-state index contributed by atoms with van der Waals surface area (Å²) in [6.45, 7) is 6.00. The van der Waals surface area contributed by atoms with Gasteiger partial charge in [-0.05, 0) is 30.2 Å². The van der Waals surface area contributed by atoms with Gasteiger partial charge < -0.3 is 9.52 Å². The number of phenolic OH excluding ortho intramolecular Hbond substituents is 1. The molecule has 0 amide bonds. The van der Waals surface area contributed by atoms with Crippen molar-refractivity contribution in [3.05, 3.63) is 64.5 Å². The van der Waals surface area contributed by atoms with Crippen molar-refractivity contribution in [3.63, 3.8) is 0 Å². The molecule has 0 unspecified atom stereocenters. The van der Waals surface area contributed by atoms with Gasteiger partial charge >= 0.3 is 5.63 Å². The van der Waals surface area contributed by atoms with E-state index < -0.39 is 5.63 Å². The smallest absolute Gasteiger partial charge is 0.336 e. The van der Waals surface area contributed by atoms with Crippen LogP contribution >= 0.6 is 0 Å². The summed E-state index contributed by atoms with van der Waals surface area (Å²) in [7, 11) is 0. The molecule has 0 spiro atoms. The second-order valence-electron chi connectivity index (χ2n) is 4.47. The lowest BCUT2D eigenvalue weighted by molar-refractivity contribution is 0.473. The Hall–Kier alpha value is -2.55. The van der Waals surface area contributed by atoms with E-state index in [4.69, 9.17) is 4.42 Å². The minimum absolute atomic E-state index is 0.0811. The Morgan fingerprint density at radius 3 is 2.38 bits per heavy atom. The van der Waals surface area contributed by atoms with Gasteiger partial charge in [0.2, 0.25) is 0 Å². The van der Waals surface area contributed by atoms with Crippen LogP contribution < -0.4 is 5.63 Å². The maximum atomic E-state index is 11.7. The number of rotatable bonds is 1. The summed E-state index contributed by atoms with van der Waals surface area (Å²) < 4.78 is 5.13. The van der Waals surface area contributed by atoms with Crippen LogP contribution in [0.5, 0.6) is 5.75 Å². The van der Waals surface area contributed by atoms with Crippen molar-refractivity contribution in [3.8, 4) is 16.9 Å². The van der Waals surface area contributed by atoms with Crippen LogP contribution in [0.15, 0.2) is 57.7 Å². The van der Waals surface area contributed by atoms with E-state index in [-0.39, 0.29) is 5.75 Å². The Morgan fingerprint density at radius 2 is 1.67 bits per heavy atom. The predicted molar refractivity (Wildman–Crippen MR) is 85.7 cm³/mol. The minimum atomic E-state index is -0.420. The molecule has 0 saturated heterocycles. The van der Waals surface area contributed by atoms with Crippen molar-refractivity contribution in [2.24, 2.45) is 0 Å². The lowest BCUT2D eigenvalue weighted by Gasteiger charge is -2.08. The third-order valence-corrected chi connectivity index (χ3v) is 3.16. The summed E-state index contributed by atoms with van der Waals surface area (Å²) in [5.41, 5.74) is 2.88. The van der Waals surface area contributed by atoms with E-state index in [2.05, 4.69) is 0 Å². The normalized spacial score (nSPS) is 10.0. The van der Waals surface area contributed by atoms with E-state index in [9.17, 15) is 9.90 Å². The van der Waals surface area contributed by atoms with Gasteiger partial charge in [0.05, 0.1) is 0 Å². The van der Waals surface area contributed by atoms with Gasteiger partial charge in [0.25, 0.3) is 0 Å². The molecule has 0 aliphatic carbocycles. The van der Waals surface area contributed by atoms with Crippen LogP contribution in [-0.4, -0.2) is 5.11 Å². The van der Waals surface area contributed by atoms with Gasteiger partial charge in [-0.2, -0.15) is 0 Å². The summed E-state index contributed by atoms with van der Waals surface area (Å²) in [5, 5.41) is 10.3. The van der Waals surface area contributed by atoms with E-state index in [0.29, 0.717) is 5.58 Å². The maximum absolute atomic E-state index is 11.7. The molecule has 3 aromatic rings. The van der Waals surface area contributed by atoms with Gasteiger partial charge in [0, 0.05) is 23.1 Å². The summed E-state index contributed by atoms with van der Waals surface area (Å²) in [5.74, 6) is 0.0811. The van der Waals surface area contributed by atoms with E-state index in [0.717, 1.165) is 22.1 Å². The molecule has 3 rings (SSSR count). The molecular formula is C18H18O3. The summed E-state index contributed by atoms with van der Waals surface area (Å²) in [4.78, 5) is 11.7. The highest BCUT2D eigenvalue weighted by atomic mass is 16.4. The highest BCUT2D eigenvalue weighted by molar-refractivity contribution is 5.94. The zero-order valence-electron chi connectivity index (χ0n) is 12.4. The van der Waals surface area contributed by atoms with Gasteiger partial charge in [0.15, 0.2) is 0 Å². The lowest BCUT2D eigenvalue weighted by Crippen LogP contribution is -1.98. The van der Waals surface area contributed by atoms with Crippen molar-refractivity contribution in [2.45, 2.75) is 20.8 Å². The van der Waals surface area contributed by atoms with Gasteiger partial charge in [0.1, 0.15) is 11.3 Å². The SMILES string of the molecule is CC.Cc1ccccc1-c1cc(=O)oc2cc(O)ccc12. The van der Waals surface area contributed by atoms with Crippen molar-refractivity contribution >= 4 is 11.0 Å². The Morgan fingerprint density at radius 1 is 0.952 bits per heavy atom. The molecular weight excluding hydrogens is 264 g/mol. The standard InChI is InChI=1S/C16H12O3.C2H6/c1-10-4-2-3-5-12(10)14-9-16(18)19-15-8-11(17)6-7-13(14)15;1-2/h2-9,17H,1H3;1-2H3. The van der Waals surface area contributed by atoms with Crippen LogP contribution in [-0.2, 0) is 0 Å². The molecule has 3 heteroatoms. The van der Waals surface area contributed by atoms with E-state index in [1.165, 1.54) is 12.1 Å². The highest BCUT2D eigenvalue weighted by Gasteiger charge is 2.09. The Labute approximate surface area is 123 Å². The van der Waals surface area contributed by atoms with Crippen molar-refractivity contribution in [1.82, 2.24) is 0 Å². The maximum Gasteiger partial charge on any atom is 0.336 e. The molecule has 0 fully saturated rings. The monoisotopic (exact) mass is 282 g/mol. The number of aromatic hydroxyl groups is 1. The number of aryl methyl sites for hydroxylation is 1. The molecule has 0 atom stereocenters. The zero-order chi connectivity index (χ0) is 15.4. The third kappa shape index (κ3) is 2.97. The molecule has 21 heavy (non-hydrogen) atoms. The molecule has 0 bridgehead atoms. The molecule has 108 valence electrons. The Balaban J connectivity index is 0.000000774. The van der Waals surface area contributed by atoms with Crippen LogP contribution in [0, 0.1) is 6.92 Å². The van der Waals surface area contributed by atoms with Crippen molar-refractivity contribution in [2.75, 3.05) is 0 Å². The highest BCUT2D eigenvalue weighted by Crippen LogP contribution is 2.30. The Kier molecular flexibility index (Phi) is 4.43. The first kappa shape index (κ1) is 14.9. The molecule has 0 radical (unpaired) electrons. The molecule has 1 heterocycles. The molecule has 3 nitrogen and oxygen atoms in total. The fourth-order valence-corrected chi connectivity index (χ4v) is 2.25. The first-order chi connectivity index (χ1) is 10.1. The van der Waals surface area contributed by atoms with E-state index in [1.54, 1.807) is 12.1 Å². The summed E-state index contributed by atoms with van der Waals surface area (Å²) in [6.07, 6.45) is 0. The second-order valence-corrected chi connectivity index (χ2v) is 4.47. The molecule has 0 aliphatic rings. The molecule has 0 aliphatic heterocycles. The quantitative estimate of drug-likeness (QED) is 0.668. The van der Waals surface area contributed by atoms with Crippen molar-refractivity contribution < 1.29 is 9.52 Å². The number of hydrogen-bond acceptors (Lipinski definition) is 3. The number of fused-ring (bicyclic) bond motifs is 1. The van der Waals surface area contributed by atoms with E-state index >= 15 is 0 Å². The Bertz CT molecular complexity index is 816. The second kappa shape index (κ2) is 6.27. The molecule has 1 aromatic heterocycles. The van der Waals surface area contributed by atoms with Gasteiger partial charge in [-0.3, -0.25) is 0 Å². The van der Waals surface area contributed by atoms with Gasteiger partial charge in [-0.15, -0.1) is 0 Å². The summed E-state index contributed by atoms with van der Waals surface area (Å²) >= 11 is 0. The largest absolute Gasteiger partial charge is 0.508 e. The summed E-state index contributed by atoms with van der Waals surface area (Å²) in [6, 6.07) is 14.1. The van der Waals surface area contributed by atoms with Crippen molar-refractivity contribution in [1.29, 1.82) is 0 Å². The fraction of sp³-hybridized carbons (Fsp3) is 0.167. The van der Waals surface area contributed by atoms with Crippen LogP contribution in [0.1, 0.15) is 19.4 Å². The topological polar surface area (TPSA) is 50.4 Å². The minimum Gasteiger partial charge on any atom is -0.508 e. The number of benzene rings is 2. The lowest BCUT2D eigenvalue weighted by atomic mass is 9.98. The average Bonchev–Trinajstić information content (AvgIpc) is 2.48. The molecule has 1 N–H and O–H groups in total. The zero-order valence-corrected chi connectivity index (χ0v) is 12.4. The first-order valence-electron chi connectivity index (χ1n) is 6.98. The van der Waals surface area contributed by atoms with Crippen LogP contribution in [0.4, 0.5) is 0 Å².